The highest BCUT2D eigenvalue weighted by molar-refractivity contribution is 7.26. The summed E-state index contributed by atoms with van der Waals surface area (Å²) in [7, 11) is 0. The number of hydrogen-bond acceptors (Lipinski definition) is 2. The fourth-order valence-electron chi connectivity index (χ4n) is 8.70. The summed E-state index contributed by atoms with van der Waals surface area (Å²) >= 11 is 1.88. The van der Waals surface area contributed by atoms with Crippen molar-refractivity contribution < 1.29 is 0 Å². The number of rotatable bonds is 7. The maximum atomic E-state index is 2.48. The van der Waals surface area contributed by atoms with E-state index in [-0.39, 0.29) is 0 Å². The van der Waals surface area contributed by atoms with Crippen LogP contribution < -0.4 is 4.90 Å². The van der Waals surface area contributed by atoms with Gasteiger partial charge in [-0.3, -0.25) is 0 Å². The third kappa shape index (κ3) is 5.55. The molecule has 11 aromatic rings. The molecule has 0 amide bonds. The van der Waals surface area contributed by atoms with Crippen LogP contribution in [0, 0.1) is 0 Å². The highest BCUT2D eigenvalue weighted by Crippen LogP contribution is 2.48. The maximum Gasteiger partial charge on any atom is 0.0562 e. The smallest absolute Gasteiger partial charge is 0.0562 e. The van der Waals surface area contributed by atoms with E-state index < -0.39 is 0 Å². The van der Waals surface area contributed by atoms with Gasteiger partial charge < -0.3 is 9.47 Å². The molecule has 9 aromatic carbocycles. The van der Waals surface area contributed by atoms with E-state index in [1.165, 1.54) is 69.8 Å². The van der Waals surface area contributed by atoms with E-state index in [2.05, 4.69) is 228 Å². The van der Waals surface area contributed by atoms with Gasteiger partial charge in [0.1, 0.15) is 0 Å². The van der Waals surface area contributed by atoms with Crippen molar-refractivity contribution in [2.75, 3.05) is 4.90 Å². The van der Waals surface area contributed by atoms with Gasteiger partial charge in [-0.2, -0.15) is 0 Å². The van der Waals surface area contributed by atoms with Crippen molar-refractivity contribution in [3.8, 4) is 39.1 Å². The van der Waals surface area contributed by atoms with Crippen LogP contribution in [0.1, 0.15) is 0 Å². The van der Waals surface area contributed by atoms with Crippen molar-refractivity contribution >= 4 is 70.4 Å². The van der Waals surface area contributed by atoms with Crippen LogP contribution >= 0.6 is 11.3 Å². The molecule has 0 saturated heterocycles. The van der Waals surface area contributed by atoms with E-state index >= 15 is 0 Å². The van der Waals surface area contributed by atoms with Gasteiger partial charge in [-0.1, -0.05) is 164 Å². The summed E-state index contributed by atoms with van der Waals surface area (Å²) < 4.78 is 5.11. The normalized spacial score (nSPS) is 11.5. The Balaban J connectivity index is 1.16. The molecular weight excluding hydrogens is 709 g/mol. The van der Waals surface area contributed by atoms with Gasteiger partial charge >= 0.3 is 0 Å². The first kappa shape index (κ1) is 33.2. The third-order valence-electron chi connectivity index (χ3n) is 11.2. The quantitative estimate of drug-likeness (QED) is 0.158. The molecule has 0 saturated carbocycles. The minimum atomic E-state index is 1.10. The molecule has 0 unspecified atom stereocenters. The topological polar surface area (TPSA) is 8.17 Å². The third-order valence-corrected chi connectivity index (χ3v) is 12.4. The second kappa shape index (κ2) is 13.8. The Kier molecular flexibility index (Phi) is 8.04. The van der Waals surface area contributed by atoms with Crippen LogP contribution in [0.4, 0.5) is 17.1 Å². The van der Waals surface area contributed by atoms with Gasteiger partial charge in [0.2, 0.25) is 0 Å². The lowest BCUT2D eigenvalue weighted by atomic mass is 9.97. The molecule has 2 aromatic heterocycles. The molecule has 2 heterocycles. The number of para-hydroxylation sites is 4. The summed E-state index contributed by atoms with van der Waals surface area (Å²) in [6, 6.07) is 79.3. The highest BCUT2D eigenvalue weighted by Gasteiger charge is 2.24. The lowest BCUT2D eigenvalue weighted by molar-refractivity contribution is 1.18. The number of thiophene rings is 1. The number of hydrogen-bond donors (Lipinski definition) is 0. The second-order valence-corrected chi connectivity index (χ2v) is 15.5. The molecule has 0 aliphatic carbocycles. The zero-order chi connectivity index (χ0) is 37.7. The zero-order valence-electron chi connectivity index (χ0n) is 31.1. The fraction of sp³-hybridized carbons (Fsp3) is 0. The van der Waals surface area contributed by atoms with Gasteiger partial charge in [0.25, 0.3) is 0 Å². The summed E-state index contributed by atoms with van der Waals surface area (Å²) in [6.45, 7) is 0. The fourth-order valence-corrected chi connectivity index (χ4v) is 9.93. The molecule has 0 radical (unpaired) electrons. The van der Waals surface area contributed by atoms with Crippen molar-refractivity contribution in [1.82, 2.24) is 4.57 Å². The molecule has 0 aliphatic rings. The van der Waals surface area contributed by atoms with Crippen LogP contribution in [0.3, 0.4) is 0 Å². The average molecular weight is 745 g/mol. The molecule has 2 nitrogen and oxygen atoms in total. The zero-order valence-corrected chi connectivity index (χ0v) is 31.9. The SMILES string of the molecule is c1ccc(-c2cccc(-c3ccccc3N(c3ccccc3)c3cccc4c3c3ccccc3n4-c3ccccc3-c3cccc4c3sc3ccccc34)c2)cc1. The minimum Gasteiger partial charge on any atom is -0.309 e. The Morgan fingerprint density at radius 1 is 0.368 bits per heavy atom. The molecular formula is C54H36N2S. The van der Waals surface area contributed by atoms with E-state index in [0.717, 1.165) is 28.3 Å². The van der Waals surface area contributed by atoms with Gasteiger partial charge in [-0.15, -0.1) is 11.3 Å². The maximum absolute atomic E-state index is 2.48. The lowest BCUT2D eigenvalue weighted by Crippen LogP contribution is -2.11. The first-order valence-electron chi connectivity index (χ1n) is 19.4. The van der Waals surface area contributed by atoms with Gasteiger partial charge in [-0.05, 0) is 71.3 Å². The summed E-state index contributed by atoms with van der Waals surface area (Å²) in [4.78, 5) is 2.45. The molecule has 3 heteroatoms. The van der Waals surface area contributed by atoms with Crippen molar-refractivity contribution in [3.05, 3.63) is 218 Å². The number of aromatic nitrogens is 1. The summed E-state index contributed by atoms with van der Waals surface area (Å²) in [6.07, 6.45) is 0. The first-order chi connectivity index (χ1) is 28.3. The second-order valence-electron chi connectivity index (χ2n) is 14.5. The van der Waals surface area contributed by atoms with Crippen LogP contribution in [0.5, 0.6) is 0 Å². The van der Waals surface area contributed by atoms with Crippen LogP contribution in [0.25, 0.3) is 81.0 Å². The van der Waals surface area contributed by atoms with Gasteiger partial charge in [-0.25, -0.2) is 0 Å². The minimum absolute atomic E-state index is 1.10. The van der Waals surface area contributed by atoms with Crippen LogP contribution in [0.2, 0.25) is 0 Å². The molecule has 0 atom stereocenters. The molecule has 11 rings (SSSR count). The number of anilines is 3. The predicted octanol–water partition coefficient (Wildman–Crippen LogP) is 15.6. The van der Waals surface area contributed by atoms with Crippen molar-refractivity contribution in [2.24, 2.45) is 0 Å². The Bertz CT molecular complexity index is 3250. The van der Waals surface area contributed by atoms with Crippen molar-refractivity contribution in [3.63, 3.8) is 0 Å². The average Bonchev–Trinajstić information content (AvgIpc) is 3.84. The first-order valence-corrected chi connectivity index (χ1v) is 20.3. The van der Waals surface area contributed by atoms with Gasteiger partial charge in [0.15, 0.2) is 0 Å². The highest BCUT2D eigenvalue weighted by atomic mass is 32.1. The molecule has 0 aliphatic heterocycles. The van der Waals surface area contributed by atoms with E-state index in [1.807, 2.05) is 11.3 Å². The standard InChI is InChI=1S/C54H36N2S/c1-3-18-37(19-4-1)38-20-15-21-39(36-38)41-24-7-11-30-47(41)55(40-22-5-2-6-23-40)50-33-17-34-51-53(50)46-27-9-13-32-49(46)56(51)48-31-12-8-25-42(48)44-28-16-29-45-43-26-10-14-35-52(43)57-54(44)45/h1-36H. The largest absolute Gasteiger partial charge is 0.309 e. The molecule has 0 spiro atoms. The van der Waals surface area contributed by atoms with Gasteiger partial charge in [0.05, 0.1) is 28.1 Å². The summed E-state index contributed by atoms with van der Waals surface area (Å²) in [5.41, 5.74) is 14.1. The number of fused-ring (bicyclic) bond motifs is 6. The van der Waals surface area contributed by atoms with Crippen LogP contribution in [-0.2, 0) is 0 Å². The van der Waals surface area contributed by atoms with E-state index in [1.54, 1.807) is 0 Å². The van der Waals surface area contributed by atoms with Crippen molar-refractivity contribution in [1.29, 1.82) is 0 Å². The van der Waals surface area contributed by atoms with E-state index in [4.69, 9.17) is 0 Å². The predicted molar refractivity (Wildman–Crippen MR) is 245 cm³/mol. The summed E-state index contributed by atoms with van der Waals surface area (Å²) in [5.74, 6) is 0. The Labute approximate surface area is 335 Å². The van der Waals surface area contributed by atoms with E-state index in [0.29, 0.717) is 0 Å². The summed E-state index contributed by atoms with van der Waals surface area (Å²) in [5, 5.41) is 5.03. The Morgan fingerprint density at radius 3 is 1.82 bits per heavy atom. The molecule has 0 N–H and O–H groups in total. The van der Waals surface area contributed by atoms with Gasteiger partial charge in [0, 0.05) is 53.3 Å². The monoisotopic (exact) mass is 744 g/mol. The molecule has 0 bridgehead atoms. The van der Waals surface area contributed by atoms with E-state index in [9.17, 15) is 0 Å². The molecule has 57 heavy (non-hydrogen) atoms. The molecule has 268 valence electrons. The van der Waals surface area contributed by atoms with Crippen LogP contribution in [-0.4, -0.2) is 4.57 Å². The Morgan fingerprint density at radius 2 is 0.947 bits per heavy atom. The lowest BCUT2D eigenvalue weighted by Gasteiger charge is -2.29. The Hall–Kier alpha value is -7.20. The van der Waals surface area contributed by atoms with Crippen molar-refractivity contribution in [2.45, 2.75) is 0 Å². The van der Waals surface area contributed by atoms with Crippen LogP contribution in [0.15, 0.2) is 218 Å². The molecule has 0 fully saturated rings. The number of benzene rings is 9. The number of nitrogens with zero attached hydrogens (tertiary/aromatic N) is 2.